The standard InChI is InChI=1S/C13H18ClN3O3/c1-4-17(6-5-10(18)19)13(20)11-9(14)7-15-12(16-11)8(2)3/h7-8H,4-6H2,1-3H3,(H,18,19). The van der Waals surface area contributed by atoms with Crippen LogP contribution in [0.4, 0.5) is 0 Å². The first-order chi connectivity index (χ1) is 9.36. The molecule has 0 aliphatic carbocycles. The molecule has 0 aromatic carbocycles. The van der Waals surface area contributed by atoms with Crippen molar-refractivity contribution in [2.45, 2.75) is 33.1 Å². The number of carboxylic acids is 1. The number of aliphatic carboxylic acids is 1. The van der Waals surface area contributed by atoms with Gasteiger partial charge in [0.1, 0.15) is 5.82 Å². The highest BCUT2D eigenvalue weighted by Crippen LogP contribution is 2.18. The maximum Gasteiger partial charge on any atom is 0.305 e. The van der Waals surface area contributed by atoms with Gasteiger partial charge in [0.05, 0.1) is 17.6 Å². The molecule has 6 nitrogen and oxygen atoms in total. The number of nitrogens with zero attached hydrogens (tertiary/aromatic N) is 3. The number of carboxylic acid groups (broad SMARTS) is 1. The summed E-state index contributed by atoms with van der Waals surface area (Å²) in [4.78, 5) is 32.6. The van der Waals surface area contributed by atoms with Gasteiger partial charge in [-0.2, -0.15) is 0 Å². The Morgan fingerprint density at radius 3 is 2.60 bits per heavy atom. The van der Waals surface area contributed by atoms with Crippen LogP contribution in [0, 0.1) is 0 Å². The van der Waals surface area contributed by atoms with Gasteiger partial charge in [-0.15, -0.1) is 0 Å². The first-order valence-electron chi connectivity index (χ1n) is 6.40. The monoisotopic (exact) mass is 299 g/mol. The number of hydrogen-bond donors (Lipinski definition) is 1. The van der Waals surface area contributed by atoms with Crippen LogP contribution < -0.4 is 0 Å². The maximum absolute atomic E-state index is 12.3. The molecule has 1 N–H and O–H groups in total. The van der Waals surface area contributed by atoms with Crippen LogP contribution in [-0.4, -0.2) is 44.9 Å². The lowest BCUT2D eigenvalue weighted by atomic mass is 10.2. The largest absolute Gasteiger partial charge is 0.481 e. The second-order valence-corrected chi connectivity index (χ2v) is 5.02. The van der Waals surface area contributed by atoms with E-state index in [9.17, 15) is 9.59 Å². The fraction of sp³-hybridized carbons (Fsp3) is 0.538. The van der Waals surface area contributed by atoms with Gasteiger partial charge in [-0.3, -0.25) is 9.59 Å². The van der Waals surface area contributed by atoms with E-state index in [-0.39, 0.29) is 35.5 Å². The number of hydrogen-bond acceptors (Lipinski definition) is 4. The Labute approximate surface area is 122 Å². The topological polar surface area (TPSA) is 83.4 Å². The molecule has 110 valence electrons. The molecule has 1 rings (SSSR count). The lowest BCUT2D eigenvalue weighted by Crippen LogP contribution is -2.34. The fourth-order valence-electron chi connectivity index (χ4n) is 1.59. The third kappa shape index (κ3) is 4.16. The lowest BCUT2D eigenvalue weighted by molar-refractivity contribution is -0.137. The van der Waals surface area contributed by atoms with Crippen molar-refractivity contribution in [2.24, 2.45) is 0 Å². The summed E-state index contributed by atoms with van der Waals surface area (Å²) in [5.74, 6) is -0.712. The molecule has 0 saturated carbocycles. The molecular weight excluding hydrogens is 282 g/mol. The molecule has 20 heavy (non-hydrogen) atoms. The molecule has 0 unspecified atom stereocenters. The second-order valence-electron chi connectivity index (χ2n) is 4.61. The van der Waals surface area contributed by atoms with E-state index >= 15 is 0 Å². The van der Waals surface area contributed by atoms with Crippen LogP contribution in [0.2, 0.25) is 5.02 Å². The van der Waals surface area contributed by atoms with E-state index in [1.165, 1.54) is 11.1 Å². The van der Waals surface area contributed by atoms with E-state index in [1.54, 1.807) is 6.92 Å². The Morgan fingerprint density at radius 1 is 1.45 bits per heavy atom. The summed E-state index contributed by atoms with van der Waals surface area (Å²) < 4.78 is 0. The highest BCUT2D eigenvalue weighted by molar-refractivity contribution is 6.33. The van der Waals surface area contributed by atoms with Crippen LogP contribution >= 0.6 is 11.6 Å². The van der Waals surface area contributed by atoms with Crippen molar-refractivity contribution < 1.29 is 14.7 Å². The van der Waals surface area contributed by atoms with Crippen molar-refractivity contribution in [1.82, 2.24) is 14.9 Å². The van der Waals surface area contributed by atoms with Gasteiger partial charge in [-0.05, 0) is 6.92 Å². The average Bonchev–Trinajstić information content (AvgIpc) is 2.39. The summed E-state index contributed by atoms with van der Waals surface area (Å²) in [6.45, 7) is 6.13. The molecule has 1 amide bonds. The molecule has 0 atom stereocenters. The van der Waals surface area contributed by atoms with Crippen molar-refractivity contribution in [3.8, 4) is 0 Å². The molecular formula is C13H18ClN3O3. The Morgan fingerprint density at radius 2 is 2.10 bits per heavy atom. The highest BCUT2D eigenvalue weighted by atomic mass is 35.5. The normalized spacial score (nSPS) is 10.7. The lowest BCUT2D eigenvalue weighted by Gasteiger charge is -2.20. The zero-order valence-electron chi connectivity index (χ0n) is 11.8. The summed E-state index contributed by atoms with van der Waals surface area (Å²) in [5, 5.41) is 8.87. The van der Waals surface area contributed by atoms with E-state index in [1.807, 2.05) is 13.8 Å². The van der Waals surface area contributed by atoms with E-state index < -0.39 is 5.97 Å². The average molecular weight is 300 g/mol. The predicted octanol–water partition coefficient (Wildman–Crippen LogP) is 2.19. The van der Waals surface area contributed by atoms with E-state index in [0.29, 0.717) is 12.4 Å². The molecule has 0 saturated heterocycles. The molecule has 0 spiro atoms. The number of rotatable bonds is 6. The second kappa shape index (κ2) is 7.19. The molecule has 1 aromatic rings. The maximum atomic E-state index is 12.3. The Hall–Kier alpha value is -1.69. The van der Waals surface area contributed by atoms with Crippen LogP contribution in [0.25, 0.3) is 0 Å². The first kappa shape index (κ1) is 16.4. The predicted molar refractivity (Wildman–Crippen MR) is 75.0 cm³/mol. The van der Waals surface area contributed by atoms with Crippen molar-refractivity contribution >= 4 is 23.5 Å². The quantitative estimate of drug-likeness (QED) is 0.870. The van der Waals surface area contributed by atoms with E-state index in [4.69, 9.17) is 16.7 Å². The highest BCUT2D eigenvalue weighted by Gasteiger charge is 2.21. The van der Waals surface area contributed by atoms with Crippen molar-refractivity contribution in [3.63, 3.8) is 0 Å². The summed E-state index contributed by atoms with van der Waals surface area (Å²) in [5.41, 5.74) is 0.123. The number of amides is 1. The number of carbonyl (C=O) groups is 2. The van der Waals surface area contributed by atoms with Crippen molar-refractivity contribution in [3.05, 3.63) is 22.7 Å². The Balaban J connectivity index is 2.99. The van der Waals surface area contributed by atoms with Crippen LogP contribution in [0.5, 0.6) is 0 Å². The van der Waals surface area contributed by atoms with E-state index in [0.717, 1.165) is 0 Å². The number of halogens is 1. The molecule has 0 aliphatic rings. The van der Waals surface area contributed by atoms with Gasteiger partial charge in [-0.25, -0.2) is 9.97 Å². The van der Waals surface area contributed by atoms with E-state index in [2.05, 4.69) is 9.97 Å². The minimum atomic E-state index is -0.951. The van der Waals surface area contributed by atoms with Gasteiger partial charge in [0.2, 0.25) is 0 Å². The minimum absolute atomic E-state index is 0.0768. The van der Waals surface area contributed by atoms with Crippen LogP contribution in [0.3, 0.4) is 0 Å². The molecule has 0 radical (unpaired) electrons. The van der Waals surface area contributed by atoms with Gasteiger partial charge in [0.15, 0.2) is 5.69 Å². The summed E-state index contributed by atoms with van der Waals surface area (Å²) in [7, 11) is 0. The molecule has 7 heteroatoms. The zero-order chi connectivity index (χ0) is 15.3. The SMILES string of the molecule is CCN(CCC(=O)O)C(=O)c1nc(C(C)C)ncc1Cl. The smallest absolute Gasteiger partial charge is 0.305 e. The number of aromatic nitrogens is 2. The van der Waals surface area contributed by atoms with Gasteiger partial charge in [0.25, 0.3) is 5.91 Å². The molecule has 0 bridgehead atoms. The number of carbonyl (C=O) groups excluding carboxylic acids is 1. The van der Waals surface area contributed by atoms with Crippen molar-refractivity contribution in [2.75, 3.05) is 13.1 Å². The van der Waals surface area contributed by atoms with Crippen LogP contribution in [0.15, 0.2) is 6.20 Å². The molecule has 0 aliphatic heterocycles. The summed E-state index contributed by atoms with van der Waals surface area (Å²) in [6, 6.07) is 0. The van der Waals surface area contributed by atoms with Crippen LogP contribution in [0.1, 0.15) is 49.4 Å². The van der Waals surface area contributed by atoms with Crippen molar-refractivity contribution in [1.29, 1.82) is 0 Å². The van der Waals surface area contributed by atoms with Gasteiger partial charge in [-0.1, -0.05) is 25.4 Å². The molecule has 1 aromatic heterocycles. The first-order valence-corrected chi connectivity index (χ1v) is 6.78. The fourth-order valence-corrected chi connectivity index (χ4v) is 1.76. The van der Waals surface area contributed by atoms with Gasteiger partial charge in [0, 0.05) is 19.0 Å². The van der Waals surface area contributed by atoms with Crippen LogP contribution in [-0.2, 0) is 4.79 Å². The third-order valence-corrected chi connectivity index (χ3v) is 3.02. The Bertz CT molecular complexity index is 506. The summed E-state index contributed by atoms with van der Waals surface area (Å²) in [6.07, 6.45) is 1.29. The zero-order valence-corrected chi connectivity index (χ0v) is 12.5. The van der Waals surface area contributed by atoms with Gasteiger partial charge < -0.3 is 10.0 Å². The Kier molecular flexibility index (Phi) is 5.88. The molecule has 1 heterocycles. The minimum Gasteiger partial charge on any atom is -0.481 e. The molecule has 0 fully saturated rings. The third-order valence-electron chi connectivity index (χ3n) is 2.75. The summed E-state index contributed by atoms with van der Waals surface area (Å²) >= 11 is 5.97. The van der Waals surface area contributed by atoms with Gasteiger partial charge >= 0.3 is 5.97 Å².